The summed E-state index contributed by atoms with van der Waals surface area (Å²) in [6.45, 7) is 3.06. The van der Waals surface area contributed by atoms with Crippen molar-refractivity contribution >= 4 is 47.0 Å². The van der Waals surface area contributed by atoms with Gasteiger partial charge in [-0.15, -0.1) is 0 Å². The first kappa shape index (κ1) is 39.4. The van der Waals surface area contributed by atoms with Gasteiger partial charge in [-0.05, 0) is 27.7 Å². The highest BCUT2D eigenvalue weighted by Gasteiger charge is 2.53. The summed E-state index contributed by atoms with van der Waals surface area (Å²) in [5.41, 5.74) is 0. The third-order valence-electron chi connectivity index (χ3n) is 6.19. The molecule has 45 heavy (non-hydrogen) atoms. The van der Waals surface area contributed by atoms with Crippen LogP contribution in [0, 0.1) is 0 Å². The summed E-state index contributed by atoms with van der Waals surface area (Å²) in [7, 11) is 0. The second-order valence-electron chi connectivity index (χ2n) is 10.6. The quantitative estimate of drug-likeness (QED) is 0.122. The van der Waals surface area contributed by atoms with E-state index < -0.39 is 99.8 Å². The second-order valence-corrected chi connectivity index (χ2v) is 10.6. The van der Waals surface area contributed by atoms with E-state index in [1.54, 1.807) is 0 Å². The Bertz CT molecular complexity index is 1070. The van der Waals surface area contributed by atoms with E-state index in [-0.39, 0.29) is 55.2 Å². The normalized spacial score (nSPS) is 21.6. The molecule has 1 heterocycles. The predicted octanol–water partition coefficient (Wildman–Crippen LogP) is -0.163. The van der Waals surface area contributed by atoms with Crippen LogP contribution in [0.15, 0.2) is 0 Å². The molecule has 1 aliphatic heterocycles. The van der Waals surface area contributed by atoms with Crippen LogP contribution in [-0.4, -0.2) is 114 Å². The van der Waals surface area contributed by atoms with E-state index in [2.05, 4.69) is 0 Å². The van der Waals surface area contributed by atoms with Gasteiger partial charge in [0.2, 0.25) is 0 Å². The number of ketones is 4. The minimum atomic E-state index is -1.71. The van der Waals surface area contributed by atoms with Gasteiger partial charge in [0.05, 0.1) is 38.9 Å². The Hall–Kier alpha value is -3.60. The van der Waals surface area contributed by atoms with Crippen molar-refractivity contribution < 1.29 is 77.0 Å². The fourth-order valence-corrected chi connectivity index (χ4v) is 3.80. The summed E-state index contributed by atoms with van der Waals surface area (Å²) < 4.78 is 33.2. The van der Waals surface area contributed by atoms with Crippen LogP contribution in [0.4, 0.5) is 0 Å². The number of aliphatic hydroxyl groups excluding tert-OH is 2. The Morgan fingerprint density at radius 2 is 1.00 bits per heavy atom. The Kier molecular flexibility index (Phi) is 17.9. The van der Waals surface area contributed by atoms with Crippen molar-refractivity contribution in [2.24, 2.45) is 0 Å². The number of carbonyl (C=O) groups is 8. The molecular formula is C29H42O16. The summed E-state index contributed by atoms with van der Waals surface area (Å²) in [6, 6.07) is 0. The van der Waals surface area contributed by atoms with Crippen molar-refractivity contribution in [3.05, 3.63) is 0 Å². The highest BCUT2D eigenvalue weighted by molar-refractivity contribution is 5.83. The Morgan fingerprint density at radius 3 is 1.42 bits per heavy atom. The SMILES string of the molecule is CC(=O)CCC(=O)OC[C@H]1O[C@@H](OCC(O)CO)[C@H](OC(=O)CCC(C)=O)[C@@H](OC(=O)CCC(C)=O)[C@H]1OC(=O)CCC(C)=O. The predicted molar refractivity (Wildman–Crippen MR) is 148 cm³/mol. The van der Waals surface area contributed by atoms with Crippen molar-refractivity contribution in [1.82, 2.24) is 0 Å². The largest absolute Gasteiger partial charge is 0.463 e. The van der Waals surface area contributed by atoms with Crippen molar-refractivity contribution in [2.75, 3.05) is 19.8 Å². The summed E-state index contributed by atoms with van der Waals surface area (Å²) in [5.74, 6) is -4.99. The van der Waals surface area contributed by atoms with Gasteiger partial charge in [0.25, 0.3) is 0 Å². The number of hydrogen-bond donors (Lipinski definition) is 2. The molecule has 0 aromatic rings. The molecule has 6 atom stereocenters. The molecule has 0 radical (unpaired) electrons. The van der Waals surface area contributed by atoms with Crippen LogP contribution in [0.25, 0.3) is 0 Å². The number of ether oxygens (including phenoxy) is 6. The van der Waals surface area contributed by atoms with Crippen LogP contribution in [0.5, 0.6) is 0 Å². The summed E-state index contributed by atoms with van der Waals surface area (Å²) >= 11 is 0. The Balaban J connectivity index is 3.53. The molecule has 1 fully saturated rings. The first-order valence-electron chi connectivity index (χ1n) is 14.4. The molecule has 0 aromatic heterocycles. The number of hydrogen-bond acceptors (Lipinski definition) is 16. The van der Waals surface area contributed by atoms with Crippen LogP contribution in [-0.2, 0) is 66.8 Å². The zero-order chi connectivity index (χ0) is 34.1. The number of carbonyl (C=O) groups excluding carboxylic acids is 8. The van der Waals surface area contributed by atoms with E-state index in [9.17, 15) is 48.6 Å². The van der Waals surface area contributed by atoms with E-state index >= 15 is 0 Å². The molecule has 0 bridgehead atoms. The summed E-state index contributed by atoms with van der Waals surface area (Å²) in [5, 5.41) is 19.1. The van der Waals surface area contributed by atoms with Crippen LogP contribution in [0.2, 0.25) is 0 Å². The van der Waals surface area contributed by atoms with Gasteiger partial charge in [0.1, 0.15) is 41.9 Å². The van der Waals surface area contributed by atoms with Crippen LogP contribution >= 0.6 is 0 Å². The van der Waals surface area contributed by atoms with Crippen LogP contribution in [0.1, 0.15) is 79.1 Å². The van der Waals surface area contributed by atoms with Crippen molar-refractivity contribution in [1.29, 1.82) is 0 Å². The maximum absolute atomic E-state index is 12.8. The zero-order valence-electron chi connectivity index (χ0n) is 25.9. The highest BCUT2D eigenvalue weighted by atomic mass is 16.7. The molecule has 0 amide bonds. The monoisotopic (exact) mass is 646 g/mol. The minimum absolute atomic E-state index is 0.118. The van der Waals surface area contributed by atoms with Crippen molar-refractivity contribution in [3.63, 3.8) is 0 Å². The molecule has 0 spiro atoms. The molecule has 1 unspecified atom stereocenters. The van der Waals surface area contributed by atoms with Gasteiger partial charge in [-0.3, -0.25) is 19.2 Å². The third kappa shape index (κ3) is 16.3. The first-order chi connectivity index (χ1) is 21.1. The van der Waals surface area contributed by atoms with Gasteiger partial charge >= 0.3 is 23.9 Å². The van der Waals surface area contributed by atoms with Gasteiger partial charge < -0.3 is 57.8 Å². The molecule has 1 aliphatic rings. The minimum Gasteiger partial charge on any atom is -0.463 e. The average molecular weight is 647 g/mol. The topological polar surface area (TPSA) is 232 Å². The van der Waals surface area contributed by atoms with Gasteiger partial charge in [0.15, 0.2) is 24.6 Å². The van der Waals surface area contributed by atoms with Gasteiger partial charge in [-0.25, -0.2) is 0 Å². The molecule has 16 nitrogen and oxygen atoms in total. The standard InChI is InChI=1S/C29H42O16/c1-16(31)5-9-22(36)40-15-21-26(43-23(37)10-6-17(2)32)27(44-24(38)11-7-18(3)33)28(45-25(39)12-8-19(4)34)29(42-21)41-14-20(35)13-30/h20-21,26-30,35H,5-15H2,1-4H3/t20?,21-,26+,27+,28-,29-/m1/s1. The molecule has 1 rings (SSSR count). The maximum atomic E-state index is 12.8. The number of rotatable bonds is 21. The van der Waals surface area contributed by atoms with Crippen LogP contribution < -0.4 is 0 Å². The van der Waals surface area contributed by atoms with E-state index in [4.69, 9.17) is 28.4 Å². The smallest absolute Gasteiger partial charge is 0.306 e. The molecular weight excluding hydrogens is 604 g/mol. The van der Waals surface area contributed by atoms with Crippen LogP contribution in [0.3, 0.4) is 0 Å². The summed E-state index contributed by atoms with van der Waals surface area (Å²) in [6.07, 6.45) is -11.8. The number of aliphatic hydroxyl groups is 2. The van der Waals surface area contributed by atoms with E-state index in [0.717, 1.165) is 0 Å². The second kappa shape index (κ2) is 20.4. The Labute approximate surface area is 260 Å². The van der Waals surface area contributed by atoms with E-state index in [1.165, 1.54) is 27.7 Å². The highest BCUT2D eigenvalue weighted by Crippen LogP contribution is 2.31. The first-order valence-corrected chi connectivity index (χ1v) is 14.4. The average Bonchev–Trinajstić information content (AvgIpc) is 2.96. The van der Waals surface area contributed by atoms with E-state index in [0.29, 0.717) is 0 Å². The zero-order valence-corrected chi connectivity index (χ0v) is 25.9. The van der Waals surface area contributed by atoms with Crippen molar-refractivity contribution in [3.8, 4) is 0 Å². The lowest BCUT2D eigenvalue weighted by molar-refractivity contribution is -0.312. The van der Waals surface area contributed by atoms with Gasteiger partial charge in [-0.1, -0.05) is 0 Å². The number of esters is 4. The molecule has 0 aromatic carbocycles. The van der Waals surface area contributed by atoms with E-state index in [1.807, 2.05) is 0 Å². The molecule has 1 saturated heterocycles. The maximum Gasteiger partial charge on any atom is 0.306 e. The van der Waals surface area contributed by atoms with Crippen molar-refractivity contribution in [2.45, 2.75) is 116 Å². The molecule has 254 valence electrons. The molecule has 16 heteroatoms. The Morgan fingerprint density at radius 1 is 0.600 bits per heavy atom. The molecule has 0 aliphatic carbocycles. The van der Waals surface area contributed by atoms with Gasteiger partial charge in [-0.2, -0.15) is 0 Å². The lowest BCUT2D eigenvalue weighted by atomic mass is 9.97. The molecule has 0 saturated carbocycles. The molecule has 2 N–H and O–H groups in total. The third-order valence-corrected chi connectivity index (χ3v) is 6.19. The lowest BCUT2D eigenvalue weighted by Crippen LogP contribution is -2.63. The lowest BCUT2D eigenvalue weighted by Gasteiger charge is -2.44. The fourth-order valence-electron chi connectivity index (χ4n) is 3.80. The summed E-state index contributed by atoms with van der Waals surface area (Å²) in [4.78, 5) is 96.3. The number of Topliss-reactive ketones (excluding diaryl/α,β-unsaturated/α-hetero) is 4. The fraction of sp³-hybridized carbons (Fsp3) is 0.724. The van der Waals surface area contributed by atoms with Gasteiger partial charge in [0, 0.05) is 25.7 Å².